The molecule has 1 aliphatic heterocycles. The molecule has 1 aromatic rings. The number of amides is 1. The summed E-state index contributed by atoms with van der Waals surface area (Å²) >= 11 is 3.59. The smallest absolute Gasteiger partial charge is 0.256 e. The van der Waals surface area contributed by atoms with Crippen LogP contribution in [-0.4, -0.2) is 28.7 Å². The molecular weight excluding hydrogens is 309 g/mol. The van der Waals surface area contributed by atoms with Gasteiger partial charge in [-0.1, -0.05) is 28.9 Å². The highest BCUT2D eigenvalue weighted by atomic mass is 79.9. The number of alkyl halides is 1. The van der Waals surface area contributed by atoms with E-state index in [1.807, 2.05) is 6.92 Å². The summed E-state index contributed by atoms with van der Waals surface area (Å²) in [5.41, 5.74) is 1.02. The number of piperidine rings is 1. The van der Waals surface area contributed by atoms with Crippen molar-refractivity contribution in [3.8, 4) is 0 Å². The fraction of sp³-hybridized carbons (Fsp3) is 0.533. The van der Waals surface area contributed by atoms with Crippen LogP contribution in [0.15, 0.2) is 18.2 Å². The lowest BCUT2D eigenvalue weighted by Gasteiger charge is -2.33. The highest BCUT2D eigenvalue weighted by Crippen LogP contribution is 2.26. The van der Waals surface area contributed by atoms with E-state index in [1.54, 1.807) is 17.0 Å². The van der Waals surface area contributed by atoms with Gasteiger partial charge in [0.2, 0.25) is 0 Å². The van der Waals surface area contributed by atoms with Crippen LogP contribution in [0.5, 0.6) is 0 Å². The molecule has 0 aromatic heterocycles. The van der Waals surface area contributed by atoms with Gasteiger partial charge in [0.15, 0.2) is 0 Å². The molecule has 4 heteroatoms. The summed E-state index contributed by atoms with van der Waals surface area (Å²) in [6, 6.07) is 4.79. The minimum absolute atomic E-state index is 0.182. The minimum Gasteiger partial charge on any atom is -0.339 e. The normalized spacial score (nSPS) is 18.4. The Kier molecular flexibility index (Phi) is 4.61. The standard InChI is InChI=1S/C15H19BrFNO/c1-10-3-4-13(14(17)9-10)15(19)18-7-5-12(6-8-18)11(2)16/h3-4,9,11-12H,5-8H2,1-2H3. The fourth-order valence-electron chi connectivity index (χ4n) is 2.53. The molecule has 1 saturated heterocycles. The van der Waals surface area contributed by atoms with E-state index in [2.05, 4.69) is 22.9 Å². The molecule has 2 nitrogen and oxygen atoms in total. The molecule has 0 saturated carbocycles. The number of hydrogen-bond donors (Lipinski definition) is 0. The van der Waals surface area contributed by atoms with Gasteiger partial charge in [0, 0.05) is 17.9 Å². The van der Waals surface area contributed by atoms with Crippen LogP contribution in [0.1, 0.15) is 35.7 Å². The van der Waals surface area contributed by atoms with Crippen molar-refractivity contribution in [3.63, 3.8) is 0 Å². The second-order valence-corrected chi connectivity index (χ2v) is 6.73. The third-order valence-electron chi connectivity index (χ3n) is 3.83. The molecule has 1 heterocycles. The van der Waals surface area contributed by atoms with Crippen molar-refractivity contribution < 1.29 is 9.18 Å². The van der Waals surface area contributed by atoms with Gasteiger partial charge in [-0.05, 0) is 43.4 Å². The van der Waals surface area contributed by atoms with Gasteiger partial charge in [-0.25, -0.2) is 4.39 Å². The number of nitrogens with zero attached hydrogens (tertiary/aromatic N) is 1. The Labute approximate surface area is 122 Å². The quantitative estimate of drug-likeness (QED) is 0.757. The Hall–Kier alpha value is -0.900. The predicted octanol–water partition coefficient (Wildman–Crippen LogP) is 3.77. The summed E-state index contributed by atoms with van der Waals surface area (Å²) in [6.45, 7) is 5.39. The molecule has 1 aromatic carbocycles. The Morgan fingerprint density at radius 3 is 2.58 bits per heavy atom. The van der Waals surface area contributed by atoms with Gasteiger partial charge in [0.1, 0.15) is 5.82 Å². The third-order valence-corrected chi connectivity index (χ3v) is 4.58. The van der Waals surface area contributed by atoms with Crippen molar-refractivity contribution in [2.75, 3.05) is 13.1 Å². The molecule has 19 heavy (non-hydrogen) atoms. The first-order valence-corrected chi connectivity index (χ1v) is 7.60. The molecule has 0 bridgehead atoms. The average Bonchev–Trinajstić information content (AvgIpc) is 2.38. The van der Waals surface area contributed by atoms with Crippen LogP contribution in [-0.2, 0) is 0 Å². The first kappa shape index (κ1) is 14.5. The molecule has 1 atom stereocenters. The van der Waals surface area contributed by atoms with Crippen molar-refractivity contribution in [3.05, 3.63) is 35.1 Å². The third kappa shape index (κ3) is 3.35. The first-order chi connectivity index (χ1) is 8.99. The summed E-state index contributed by atoms with van der Waals surface area (Å²) in [5, 5.41) is 0. The number of carbonyl (C=O) groups excluding carboxylic acids is 1. The van der Waals surface area contributed by atoms with Crippen molar-refractivity contribution in [1.82, 2.24) is 4.90 Å². The van der Waals surface area contributed by atoms with Gasteiger partial charge in [-0.15, -0.1) is 0 Å². The van der Waals surface area contributed by atoms with Crippen LogP contribution < -0.4 is 0 Å². The summed E-state index contributed by atoms with van der Waals surface area (Å²) in [6.07, 6.45) is 1.96. The number of benzene rings is 1. The van der Waals surface area contributed by atoms with E-state index in [1.165, 1.54) is 6.07 Å². The Morgan fingerprint density at radius 2 is 2.05 bits per heavy atom. The van der Waals surface area contributed by atoms with Crippen molar-refractivity contribution >= 4 is 21.8 Å². The van der Waals surface area contributed by atoms with Gasteiger partial charge in [0.05, 0.1) is 5.56 Å². The largest absolute Gasteiger partial charge is 0.339 e. The number of aryl methyl sites for hydroxylation is 1. The Balaban J connectivity index is 2.05. The van der Waals surface area contributed by atoms with E-state index in [-0.39, 0.29) is 11.5 Å². The van der Waals surface area contributed by atoms with Gasteiger partial charge < -0.3 is 4.90 Å². The number of hydrogen-bond acceptors (Lipinski definition) is 1. The maximum absolute atomic E-state index is 13.8. The zero-order valence-corrected chi connectivity index (χ0v) is 12.9. The number of carbonyl (C=O) groups is 1. The minimum atomic E-state index is -0.416. The number of rotatable bonds is 2. The molecule has 104 valence electrons. The Bertz CT molecular complexity index is 467. The topological polar surface area (TPSA) is 20.3 Å². The maximum Gasteiger partial charge on any atom is 0.256 e. The predicted molar refractivity (Wildman–Crippen MR) is 78.2 cm³/mol. The summed E-state index contributed by atoms with van der Waals surface area (Å²) in [7, 11) is 0. The zero-order chi connectivity index (χ0) is 14.0. The molecule has 0 spiro atoms. The first-order valence-electron chi connectivity index (χ1n) is 6.68. The fourth-order valence-corrected chi connectivity index (χ4v) is 3.05. The molecule has 1 unspecified atom stereocenters. The second-order valence-electron chi connectivity index (χ2n) is 5.29. The number of likely N-dealkylation sites (tertiary alicyclic amines) is 1. The van der Waals surface area contributed by atoms with Crippen LogP contribution in [0.2, 0.25) is 0 Å². The molecular formula is C15H19BrFNO. The van der Waals surface area contributed by atoms with Crippen molar-refractivity contribution in [2.45, 2.75) is 31.5 Å². The van der Waals surface area contributed by atoms with Crippen molar-refractivity contribution in [1.29, 1.82) is 0 Å². The van der Waals surface area contributed by atoms with Crippen LogP contribution in [0, 0.1) is 18.7 Å². The van der Waals surface area contributed by atoms with Crippen LogP contribution in [0.25, 0.3) is 0 Å². The maximum atomic E-state index is 13.8. The van der Waals surface area contributed by atoms with E-state index in [4.69, 9.17) is 0 Å². The van der Waals surface area contributed by atoms with Gasteiger partial charge in [-0.2, -0.15) is 0 Å². The monoisotopic (exact) mass is 327 g/mol. The zero-order valence-electron chi connectivity index (χ0n) is 11.3. The van der Waals surface area contributed by atoms with Crippen LogP contribution in [0.3, 0.4) is 0 Å². The van der Waals surface area contributed by atoms with Crippen molar-refractivity contribution in [2.24, 2.45) is 5.92 Å². The lowest BCUT2D eigenvalue weighted by atomic mass is 9.94. The van der Waals surface area contributed by atoms with Crippen LogP contribution in [0.4, 0.5) is 4.39 Å². The lowest BCUT2D eigenvalue weighted by Crippen LogP contribution is -2.40. The van der Waals surface area contributed by atoms with Gasteiger partial charge in [-0.3, -0.25) is 4.79 Å². The van der Waals surface area contributed by atoms with E-state index in [0.717, 1.165) is 18.4 Å². The van der Waals surface area contributed by atoms with Crippen LogP contribution >= 0.6 is 15.9 Å². The lowest BCUT2D eigenvalue weighted by molar-refractivity contribution is 0.0687. The SMILES string of the molecule is Cc1ccc(C(=O)N2CCC(C(C)Br)CC2)c(F)c1. The second kappa shape index (κ2) is 6.04. The van der Waals surface area contributed by atoms with Gasteiger partial charge in [0.25, 0.3) is 5.91 Å². The summed E-state index contributed by atoms with van der Waals surface area (Å²) in [4.78, 5) is 14.5. The highest BCUT2D eigenvalue weighted by Gasteiger charge is 2.26. The van der Waals surface area contributed by atoms with Gasteiger partial charge >= 0.3 is 0 Å². The molecule has 1 amide bonds. The van der Waals surface area contributed by atoms with E-state index < -0.39 is 5.82 Å². The molecule has 1 aliphatic rings. The molecule has 1 fully saturated rings. The Morgan fingerprint density at radius 1 is 1.42 bits per heavy atom. The molecule has 0 radical (unpaired) electrons. The van der Waals surface area contributed by atoms with E-state index in [0.29, 0.717) is 23.8 Å². The summed E-state index contributed by atoms with van der Waals surface area (Å²) < 4.78 is 13.8. The molecule has 0 aliphatic carbocycles. The molecule has 2 rings (SSSR count). The van der Waals surface area contributed by atoms with E-state index >= 15 is 0 Å². The van der Waals surface area contributed by atoms with E-state index in [9.17, 15) is 9.18 Å². The highest BCUT2D eigenvalue weighted by molar-refractivity contribution is 9.09. The summed E-state index contributed by atoms with van der Waals surface area (Å²) in [5.74, 6) is 0.00562. The number of halogens is 2. The molecule has 0 N–H and O–H groups in total. The average molecular weight is 328 g/mol.